The van der Waals surface area contributed by atoms with Gasteiger partial charge in [0, 0.05) is 13.1 Å². The molecule has 0 aromatic rings. The van der Waals surface area contributed by atoms with Crippen LogP contribution in [0.15, 0.2) is 0 Å². The van der Waals surface area contributed by atoms with E-state index >= 15 is 0 Å². The fourth-order valence-corrected chi connectivity index (χ4v) is 0. The Kier molecular flexibility index (Phi) is 17.4. The summed E-state index contributed by atoms with van der Waals surface area (Å²) in [5.74, 6) is -2.15. The molecule has 1 unspecified atom stereocenters. The zero-order valence-electron chi connectivity index (χ0n) is 9.46. The van der Waals surface area contributed by atoms with Gasteiger partial charge in [-0.15, -0.1) is 0 Å². The molecule has 0 saturated carbocycles. The SMILES string of the molecule is CC(O)C(=O)O.C[C@H](N)C(=O)O.NCCN. The first kappa shape index (κ1) is 20.2. The quantitative estimate of drug-likeness (QED) is 0.321. The molecule has 0 aliphatic rings. The topological polar surface area (TPSA) is 173 Å². The summed E-state index contributed by atoms with van der Waals surface area (Å²) >= 11 is 0. The third kappa shape index (κ3) is 29.3. The predicted octanol–water partition coefficient (Wildman–Crippen LogP) is -2.23. The Morgan fingerprint density at radius 1 is 1.06 bits per heavy atom. The molecule has 0 rings (SSSR count). The number of aliphatic carboxylic acids is 2. The fourth-order valence-electron chi connectivity index (χ4n) is 0. The van der Waals surface area contributed by atoms with Crippen molar-refractivity contribution in [2.75, 3.05) is 13.1 Å². The van der Waals surface area contributed by atoms with Crippen molar-refractivity contribution in [3.63, 3.8) is 0 Å². The van der Waals surface area contributed by atoms with Gasteiger partial charge in [0.25, 0.3) is 0 Å². The number of carboxylic acids is 2. The number of rotatable bonds is 3. The van der Waals surface area contributed by atoms with Gasteiger partial charge in [-0.25, -0.2) is 4.79 Å². The number of hydrogen-bond acceptors (Lipinski definition) is 6. The van der Waals surface area contributed by atoms with Gasteiger partial charge in [0.15, 0.2) is 0 Å². The second-order valence-corrected chi connectivity index (χ2v) is 2.72. The van der Waals surface area contributed by atoms with Crippen molar-refractivity contribution in [1.82, 2.24) is 0 Å². The predicted molar refractivity (Wildman–Crippen MR) is 58.7 cm³/mol. The van der Waals surface area contributed by atoms with Crippen LogP contribution in [-0.2, 0) is 9.59 Å². The number of hydrogen-bond donors (Lipinski definition) is 6. The van der Waals surface area contributed by atoms with Crippen LogP contribution in [0.25, 0.3) is 0 Å². The summed E-state index contributed by atoms with van der Waals surface area (Å²) in [5.41, 5.74) is 14.6. The molecule has 0 radical (unpaired) electrons. The minimum absolute atomic E-state index is 0.597. The molecule has 0 saturated heterocycles. The maximum absolute atomic E-state index is 9.57. The third-order valence-electron chi connectivity index (χ3n) is 0.914. The van der Waals surface area contributed by atoms with Gasteiger partial charge in [-0.1, -0.05) is 0 Å². The molecule has 0 spiro atoms. The van der Waals surface area contributed by atoms with E-state index in [1.807, 2.05) is 0 Å². The highest BCUT2D eigenvalue weighted by molar-refractivity contribution is 5.72. The van der Waals surface area contributed by atoms with E-state index < -0.39 is 24.1 Å². The highest BCUT2D eigenvalue weighted by Crippen LogP contribution is 1.73. The first-order chi connectivity index (χ1) is 7.20. The van der Waals surface area contributed by atoms with E-state index in [0.29, 0.717) is 13.1 Å². The van der Waals surface area contributed by atoms with Crippen molar-refractivity contribution in [2.24, 2.45) is 17.2 Å². The minimum atomic E-state index is -1.23. The molecule has 9 N–H and O–H groups in total. The summed E-state index contributed by atoms with van der Waals surface area (Å²) in [6, 6.07) is -0.731. The summed E-state index contributed by atoms with van der Waals surface area (Å²) in [4.78, 5) is 19.0. The lowest BCUT2D eigenvalue weighted by Gasteiger charge is -1.90. The molecule has 0 aromatic heterocycles. The van der Waals surface area contributed by atoms with E-state index in [-0.39, 0.29) is 0 Å². The smallest absolute Gasteiger partial charge is 0.332 e. The normalized spacial score (nSPS) is 12.1. The van der Waals surface area contributed by atoms with Gasteiger partial charge in [-0.3, -0.25) is 4.79 Å². The maximum atomic E-state index is 9.57. The Morgan fingerprint density at radius 3 is 1.25 bits per heavy atom. The van der Waals surface area contributed by atoms with Crippen molar-refractivity contribution in [3.05, 3.63) is 0 Å². The molecule has 8 nitrogen and oxygen atoms in total. The van der Waals surface area contributed by atoms with Crippen LogP contribution in [0.5, 0.6) is 0 Å². The molecule has 0 aliphatic heterocycles. The number of aliphatic hydroxyl groups excluding tert-OH is 1. The zero-order chi connectivity index (χ0) is 13.7. The number of nitrogens with two attached hydrogens (primary N) is 3. The lowest BCUT2D eigenvalue weighted by molar-refractivity contribution is -0.145. The first-order valence-corrected chi connectivity index (χ1v) is 4.50. The molecule has 2 atom stereocenters. The van der Waals surface area contributed by atoms with E-state index in [1.165, 1.54) is 13.8 Å². The lowest BCUT2D eigenvalue weighted by atomic mass is 10.4. The first-order valence-electron chi connectivity index (χ1n) is 4.50. The molecule has 0 bridgehead atoms. The monoisotopic (exact) mass is 239 g/mol. The van der Waals surface area contributed by atoms with Crippen LogP contribution in [-0.4, -0.2) is 52.5 Å². The summed E-state index contributed by atoms with van der Waals surface area (Å²) in [7, 11) is 0. The molecular formula is C8H21N3O5. The van der Waals surface area contributed by atoms with Crippen LogP contribution in [0.3, 0.4) is 0 Å². The minimum Gasteiger partial charge on any atom is -0.480 e. The Morgan fingerprint density at radius 2 is 1.25 bits per heavy atom. The Hall–Kier alpha value is -1.22. The molecule has 0 amide bonds. The highest BCUT2D eigenvalue weighted by Gasteiger charge is 2.01. The molecule has 0 fully saturated rings. The van der Waals surface area contributed by atoms with Gasteiger partial charge in [-0.05, 0) is 13.8 Å². The van der Waals surface area contributed by atoms with E-state index in [9.17, 15) is 9.59 Å². The van der Waals surface area contributed by atoms with Crippen molar-refractivity contribution in [1.29, 1.82) is 0 Å². The van der Waals surface area contributed by atoms with Crippen LogP contribution >= 0.6 is 0 Å². The van der Waals surface area contributed by atoms with E-state index in [0.717, 1.165) is 0 Å². The number of aliphatic hydroxyl groups is 1. The standard InChI is InChI=1S/C3H7NO2.C3H6O3.C2H8N2/c2*1-2(4)3(5)6;3-1-2-4/h2H,4H2,1H3,(H,5,6);2,4H,1H3,(H,5,6);1-4H2/t2-;;/m0../s1. The summed E-state index contributed by atoms with van der Waals surface area (Å²) < 4.78 is 0. The second kappa shape index (κ2) is 13.8. The van der Waals surface area contributed by atoms with Gasteiger partial charge in [-0.2, -0.15) is 0 Å². The largest absolute Gasteiger partial charge is 0.480 e. The van der Waals surface area contributed by atoms with Crippen LogP contribution in [0, 0.1) is 0 Å². The molecule has 98 valence electrons. The average Bonchev–Trinajstić information content (AvgIpc) is 2.18. The Labute approximate surface area is 94.0 Å². The lowest BCUT2D eigenvalue weighted by Crippen LogP contribution is -2.25. The molecule has 16 heavy (non-hydrogen) atoms. The van der Waals surface area contributed by atoms with Gasteiger partial charge < -0.3 is 32.5 Å². The van der Waals surface area contributed by atoms with Gasteiger partial charge >= 0.3 is 11.9 Å². The van der Waals surface area contributed by atoms with E-state index in [4.69, 9.17) is 32.5 Å². The number of carbonyl (C=O) groups is 2. The average molecular weight is 239 g/mol. The Bertz CT molecular complexity index is 165. The zero-order valence-corrected chi connectivity index (χ0v) is 9.46. The summed E-state index contributed by atoms with van der Waals surface area (Å²) in [5, 5.41) is 23.6. The van der Waals surface area contributed by atoms with Crippen LogP contribution in [0.4, 0.5) is 0 Å². The second-order valence-electron chi connectivity index (χ2n) is 2.72. The van der Waals surface area contributed by atoms with Crippen molar-refractivity contribution >= 4 is 11.9 Å². The van der Waals surface area contributed by atoms with Crippen LogP contribution in [0.2, 0.25) is 0 Å². The van der Waals surface area contributed by atoms with Gasteiger partial charge in [0.05, 0.1) is 0 Å². The van der Waals surface area contributed by atoms with E-state index in [2.05, 4.69) is 0 Å². The Balaban J connectivity index is -0.000000162. The molecule has 0 aliphatic carbocycles. The maximum Gasteiger partial charge on any atom is 0.332 e. The van der Waals surface area contributed by atoms with Crippen molar-refractivity contribution in [3.8, 4) is 0 Å². The van der Waals surface area contributed by atoms with Crippen molar-refractivity contribution < 1.29 is 24.9 Å². The van der Waals surface area contributed by atoms with E-state index in [1.54, 1.807) is 0 Å². The van der Waals surface area contributed by atoms with Gasteiger partial charge in [0.2, 0.25) is 0 Å². The summed E-state index contributed by atoms with van der Waals surface area (Å²) in [6.07, 6.45) is -1.23. The highest BCUT2D eigenvalue weighted by atomic mass is 16.4. The summed E-state index contributed by atoms with van der Waals surface area (Å²) in [6.45, 7) is 3.81. The molecule has 8 heteroatoms. The van der Waals surface area contributed by atoms with Gasteiger partial charge in [0.1, 0.15) is 12.1 Å². The van der Waals surface area contributed by atoms with Crippen LogP contribution in [0.1, 0.15) is 13.8 Å². The molecule has 0 aromatic carbocycles. The molecular weight excluding hydrogens is 218 g/mol. The third-order valence-corrected chi connectivity index (χ3v) is 0.914. The molecule has 0 heterocycles. The van der Waals surface area contributed by atoms with Crippen LogP contribution < -0.4 is 17.2 Å². The number of carboxylic acid groups (broad SMARTS) is 2. The van der Waals surface area contributed by atoms with Crippen molar-refractivity contribution in [2.45, 2.75) is 26.0 Å². The fraction of sp³-hybridized carbons (Fsp3) is 0.750.